The minimum absolute atomic E-state index is 0.0228. The summed E-state index contributed by atoms with van der Waals surface area (Å²) in [5.74, 6) is 0.0535. The molecule has 0 radical (unpaired) electrons. The molecule has 2 heterocycles. The average Bonchev–Trinajstić information content (AvgIpc) is 3.09. The molecule has 1 saturated heterocycles. The van der Waals surface area contributed by atoms with Crippen LogP contribution in [0.2, 0.25) is 0 Å². The fraction of sp³-hybridized carbons (Fsp3) is 0.812. The van der Waals surface area contributed by atoms with E-state index in [-0.39, 0.29) is 30.1 Å². The molecule has 7 heteroatoms. The predicted octanol–water partition coefficient (Wildman–Crippen LogP) is 0.514. The Labute approximate surface area is 135 Å². The molecule has 1 aromatic rings. The molecular weight excluding hydrogens is 296 g/mol. The van der Waals surface area contributed by atoms with Gasteiger partial charge in [-0.05, 0) is 32.6 Å². The summed E-state index contributed by atoms with van der Waals surface area (Å²) >= 11 is 0. The van der Waals surface area contributed by atoms with Crippen molar-refractivity contribution in [1.82, 2.24) is 19.2 Å². The number of likely N-dealkylation sites (tertiary alicyclic amines) is 1. The Bertz CT molecular complexity index is 634. The third kappa shape index (κ3) is 3.06. The molecule has 3 rings (SSSR count). The number of nitrogens with zero attached hydrogens (tertiary/aromatic N) is 4. The van der Waals surface area contributed by atoms with Crippen LogP contribution in [0.15, 0.2) is 11.1 Å². The van der Waals surface area contributed by atoms with Gasteiger partial charge < -0.3 is 10.0 Å². The van der Waals surface area contributed by atoms with Crippen LogP contribution in [0.25, 0.3) is 0 Å². The van der Waals surface area contributed by atoms with Crippen molar-refractivity contribution in [1.29, 1.82) is 0 Å². The number of hydrogen-bond acceptors (Lipinski definition) is 4. The second kappa shape index (κ2) is 6.11. The second-order valence-electron chi connectivity index (χ2n) is 7.19. The highest BCUT2D eigenvalue weighted by Crippen LogP contribution is 2.40. The van der Waals surface area contributed by atoms with Gasteiger partial charge in [-0.1, -0.05) is 12.8 Å². The van der Waals surface area contributed by atoms with Crippen molar-refractivity contribution in [3.05, 3.63) is 16.8 Å². The lowest BCUT2D eigenvalue weighted by Crippen LogP contribution is -2.51. The third-order valence-electron chi connectivity index (χ3n) is 5.50. The van der Waals surface area contributed by atoms with Crippen molar-refractivity contribution in [3.63, 3.8) is 0 Å². The molecule has 0 unspecified atom stereocenters. The van der Waals surface area contributed by atoms with E-state index >= 15 is 0 Å². The molecule has 0 bridgehead atoms. The van der Waals surface area contributed by atoms with E-state index in [0.29, 0.717) is 6.54 Å². The van der Waals surface area contributed by atoms with E-state index in [0.717, 1.165) is 38.5 Å². The maximum absolute atomic E-state index is 12.7. The van der Waals surface area contributed by atoms with Crippen molar-refractivity contribution in [3.8, 4) is 0 Å². The number of rotatable bonds is 3. The highest BCUT2D eigenvalue weighted by atomic mass is 16.3. The van der Waals surface area contributed by atoms with E-state index in [2.05, 4.69) is 5.10 Å². The van der Waals surface area contributed by atoms with Crippen LogP contribution in [-0.2, 0) is 18.4 Å². The molecule has 1 aliphatic carbocycles. The molecule has 0 spiro atoms. The van der Waals surface area contributed by atoms with Crippen LogP contribution < -0.4 is 5.69 Å². The van der Waals surface area contributed by atoms with E-state index in [1.54, 1.807) is 7.05 Å². The Morgan fingerprint density at radius 2 is 2.17 bits per heavy atom. The van der Waals surface area contributed by atoms with Gasteiger partial charge in [0.2, 0.25) is 5.91 Å². The molecule has 0 aromatic carbocycles. The summed E-state index contributed by atoms with van der Waals surface area (Å²) in [6, 6.07) is 0.0808. The first-order chi connectivity index (χ1) is 10.9. The summed E-state index contributed by atoms with van der Waals surface area (Å²) in [6.45, 7) is 2.59. The summed E-state index contributed by atoms with van der Waals surface area (Å²) in [5, 5.41) is 14.7. The van der Waals surface area contributed by atoms with Gasteiger partial charge in [0.1, 0.15) is 12.9 Å². The van der Waals surface area contributed by atoms with Crippen LogP contribution in [0.4, 0.5) is 0 Å². The zero-order valence-electron chi connectivity index (χ0n) is 13.9. The quantitative estimate of drug-likeness (QED) is 0.879. The lowest BCUT2D eigenvalue weighted by molar-refractivity contribution is -0.137. The van der Waals surface area contributed by atoms with E-state index < -0.39 is 5.60 Å². The Balaban J connectivity index is 1.74. The topological polar surface area (TPSA) is 80.4 Å². The van der Waals surface area contributed by atoms with E-state index in [1.165, 1.54) is 15.6 Å². The Morgan fingerprint density at radius 3 is 2.83 bits per heavy atom. The summed E-state index contributed by atoms with van der Waals surface area (Å²) in [5.41, 5.74) is -0.980. The monoisotopic (exact) mass is 322 g/mol. The molecule has 23 heavy (non-hydrogen) atoms. The molecule has 7 nitrogen and oxygen atoms in total. The lowest BCUT2D eigenvalue weighted by Gasteiger charge is -2.43. The van der Waals surface area contributed by atoms with Gasteiger partial charge >= 0.3 is 5.69 Å². The zero-order valence-corrected chi connectivity index (χ0v) is 13.9. The number of carbonyl (C=O) groups is 1. The first-order valence-corrected chi connectivity index (χ1v) is 8.50. The van der Waals surface area contributed by atoms with Crippen molar-refractivity contribution in [2.45, 2.75) is 63.6 Å². The molecule has 1 N–H and O–H groups in total. The lowest BCUT2D eigenvalue weighted by atomic mass is 9.72. The smallest absolute Gasteiger partial charge is 0.345 e. The van der Waals surface area contributed by atoms with Crippen LogP contribution in [0, 0.1) is 5.92 Å². The standard InChI is InChI=1S/C16H26N4O3/c1-16(23)8-4-3-6-12(16)13-7-5-9-19(13)14(21)10-20-15(22)18(2)11-17-20/h11-13,23H,3-10H2,1-2H3/t12-,13+,16+/m0/s1. The van der Waals surface area contributed by atoms with E-state index in [1.807, 2.05) is 11.8 Å². The number of aryl methyl sites for hydroxylation is 1. The van der Waals surface area contributed by atoms with Crippen LogP contribution in [0.3, 0.4) is 0 Å². The highest BCUT2D eigenvalue weighted by Gasteiger charge is 2.44. The van der Waals surface area contributed by atoms with Crippen molar-refractivity contribution in [2.75, 3.05) is 6.54 Å². The van der Waals surface area contributed by atoms with E-state index in [4.69, 9.17) is 0 Å². The summed E-state index contributed by atoms with van der Waals surface area (Å²) < 4.78 is 2.57. The van der Waals surface area contributed by atoms with Gasteiger partial charge in [0, 0.05) is 25.6 Å². The number of aliphatic hydroxyl groups is 1. The molecule has 1 aromatic heterocycles. The van der Waals surface area contributed by atoms with Gasteiger partial charge in [0.15, 0.2) is 0 Å². The number of hydrogen-bond donors (Lipinski definition) is 1. The van der Waals surface area contributed by atoms with Gasteiger partial charge in [-0.25, -0.2) is 9.48 Å². The Hall–Kier alpha value is -1.63. The molecule has 2 fully saturated rings. The van der Waals surface area contributed by atoms with Crippen molar-refractivity contribution < 1.29 is 9.90 Å². The fourth-order valence-electron chi connectivity index (χ4n) is 4.22. The van der Waals surface area contributed by atoms with Crippen LogP contribution in [0.1, 0.15) is 45.4 Å². The van der Waals surface area contributed by atoms with Gasteiger partial charge in [-0.3, -0.25) is 9.36 Å². The van der Waals surface area contributed by atoms with Crippen molar-refractivity contribution in [2.24, 2.45) is 13.0 Å². The first kappa shape index (κ1) is 16.2. The number of carbonyl (C=O) groups excluding carboxylic acids is 1. The minimum atomic E-state index is -0.701. The van der Waals surface area contributed by atoms with Gasteiger partial charge in [0.05, 0.1) is 5.60 Å². The molecule has 1 amide bonds. The molecule has 2 aliphatic rings. The normalized spacial score (nSPS) is 31.5. The van der Waals surface area contributed by atoms with Crippen molar-refractivity contribution >= 4 is 5.91 Å². The second-order valence-corrected chi connectivity index (χ2v) is 7.19. The largest absolute Gasteiger partial charge is 0.390 e. The maximum atomic E-state index is 12.7. The average molecular weight is 322 g/mol. The van der Waals surface area contributed by atoms with Gasteiger partial charge in [-0.15, -0.1) is 0 Å². The summed E-state index contributed by atoms with van der Waals surface area (Å²) in [4.78, 5) is 26.4. The summed E-state index contributed by atoms with van der Waals surface area (Å²) in [7, 11) is 1.62. The minimum Gasteiger partial charge on any atom is -0.390 e. The maximum Gasteiger partial charge on any atom is 0.345 e. The Kier molecular flexibility index (Phi) is 4.31. The molecule has 3 atom stereocenters. The van der Waals surface area contributed by atoms with Crippen LogP contribution in [-0.4, -0.2) is 48.4 Å². The first-order valence-electron chi connectivity index (χ1n) is 8.50. The van der Waals surface area contributed by atoms with Gasteiger partial charge in [0.25, 0.3) is 0 Å². The van der Waals surface area contributed by atoms with Crippen LogP contribution >= 0.6 is 0 Å². The fourth-order valence-corrected chi connectivity index (χ4v) is 4.22. The molecule has 128 valence electrons. The predicted molar refractivity (Wildman–Crippen MR) is 84.8 cm³/mol. The van der Waals surface area contributed by atoms with Crippen LogP contribution in [0.5, 0.6) is 0 Å². The molecule has 1 saturated carbocycles. The SMILES string of the molecule is Cn1cnn(CC(=O)N2CCC[C@@H]2[C@@H]2CCCC[C@@]2(C)O)c1=O. The zero-order chi connectivity index (χ0) is 16.6. The number of amides is 1. The Morgan fingerprint density at radius 1 is 1.39 bits per heavy atom. The number of aromatic nitrogens is 3. The van der Waals surface area contributed by atoms with E-state index in [9.17, 15) is 14.7 Å². The summed E-state index contributed by atoms with van der Waals surface area (Å²) in [6.07, 6.45) is 7.24. The third-order valence-corrected chi connectivity index (χ3v) is 5.50. The molecular formula is C16H26N4O3. The highest BCUT2D eigenvalue weighted by molar-refractivity contribution is 5.76. The van der Waals surface area contributed by atoms with Gasteiger partial charge in [-0.2, -0.15) is 5.10 Å². The molecule has 1 aliphatic heterocycles.